The van der Waals surface area contributed by atoms with Gasteiger partial charge in [-0.1, -0.05) is 12.2 Å². The maximum atomic E-state index is 12.0. The van der Waals surface area contributed by atoms with E-state index < -0.39 is 5.91 Å². The first kappa shape index (κ1) is 14.4. The topological polar surface area (TPSA) is 72.7 Å². The van der Waals surface area contributed by atoms with Gasteiger partial charge in [0.05, 0.1) is 12.8 Å². The van der Waals surface area contributed by atoms with Gasteiger partial charge in [0.25, 0.3) is 5.91 Å². The molecule has 0 aliphatic carbocycles. The first-order valence-electron chi connectivity index (χ1n) is 6.73. The van der Waals surface area contributed by atoms with Crippen LogP contribution in [0.1, 0.15) is 5.76 Å². The molecule has 0 radical (unpaired) electrons. The van der Waals surface area contributed by atoms with Crippen molar-refractivity contribution in [2.45, 2.75) is 6.54 Å². The van der Waals surface area contributed by atoms with Gasteiger partial charge in [0.2, 0.25) is 0 Å². The van der Waals surface area contributed by atoms with Crippen molar-refractivity contribution in [3.05, 3.63) is 42.4 Å². The number of rotatable bonds is 3. The summed E-state index contributed by atoms with van der Waals surface area (Å²) >= 11 is 5.05. The highest BCUT2D eigenvalue weighted by Gasteiger charge is 2.14. The van der Waals surface area contributed by atoms with E-state index >= 15 is 0 Å². The van der Waals surface area contributed by atoms with E-state index in [1.165, 1.54) is 0 Å². The zero-order valence-electron chi connectivity index (χ0n) is 11.6. The smallest absolute Gasteiger partial charge is 0.283 e. The van der Waals surface area contributed by atoms with Gasteiger partial charge in [0.1, 0.15) is 19.0 Å². The first-order valence-corrected chi connectivity index (χ1v) is 7.14. The molecule has 1 aromatic carbocycles. The van der Waals surface area contributed by atoms with Crippen molar-refractivity contribution in [3.63, 3.8) is 0 Å². The SMILES string of the molecule is O=C(Nc1ccc2c(c1)OCCO2)C(=S)NCc1ccco1. The summed E-state index contributed by atoms with van der Waals surface area (Å²) in [4.78, 5) is 12.1. The zero-order valence-corrected chi connectivity index (χ0v) is 12.4. The number of amides is 1. The maximum Gasteiger partial charge on any atom is 0.283 e. The summed E-state index contributed by atoms with van der Waals surface area (Å²) in [7, 11) is 0. The van der Waals surface area contributed by atoms with Crippen molar-refractivity contribution in [1.29, 1.82) is 0 Å². The minimum absolute atomic E-state index is 0.0892. The molecule has 3 rings (SSSR count). The van der Waals surface area contributed by atoms with Gasteiger partial charge < -0.3 is 24.5 Å². The lowest BCUT2D eigenvalue weighted by molar-refractivity contribution is -0.110. The normalized spacial score (nSPS) is 12.5. The summed E-state index contributed by atoms with van der Waals surface area (Å²) in [6.07, 6.45) is 1.56. The summed E-state index contributed by atoms with van der Waals surface area (Å²) in [5, 5.41) is 5.55. The van der Waals surface area contributed by atoms with Gasteiger partial charge in [-0.05, 0) is 24.3 Å². The van der Waals surface area contributed by atoms with Crippen LogP contribution in [0.2, 0.25) is 0 Å². The Morgan fingerprint density at radius 2 is 2.00 bits per heavy atom. The van der Waals surface area contributed by atoms with E-state index in [9.17, 15) is 4.79 Å². The first-order chi connectivity index (χ1) is 10.7. The lowest BCUT2D eigenvalue weighted by Gasteiger charge is -2.19. The number of benzene rings is 1. The molecule has 114 valence electrons. The number of thiocarbonyl (C=S) groups is 1. The van der Waals surface area contributed by atoms with Crippen molar-refractivity contribution < 1.29 is 18.7 Å². The van der Waals surface area contributed by atoms with Crippen LogP contribution in [0.3, 0.4) is 0 Å². The van der Waals surface area contributed by atoms with E-state index in [1.807, 2.05) is 0 Å². The average Bonchev–Trinajstić information content (AvgIpc) is 3.06. The second kappa shape index (κ2) is 6.48. The number of carbonyl (C=O) groups excluding carboxylic acids is 1. The Balaban J connectivity index is 1.57. The van der Waals surface area contributed by atoms with Crippen LogP contribution in [0.25, 0.3) is 0 Å². The molecule has 0 fully saturated rings. The third-order valence-electron chi connectivity index (χ3n) is 3.01. The van der Waals surface area contributed by atoms with Crippen LogP contribution < -0.4 is 20.1 Å². The predicted octanol–water partition coefficient (Wildman–Crippen LogP) is 2.11. The van der Waals surface area contributed by atoms with Crippen LogP contribution in [-0.4, -0.2) is 24.1 Å². The minimum atomic E-state index is -0.391. The predicted molar refractivity (Wildman–Crippen MR) is 84.2 cm³/mol. The Hall–Kier alpha value is -2.54. The molecule has 0 spiro atoms. The molecule has 1 aromatic heterocycles. The van der Waals surface area contributed by atoms with E-state index in [4.69, 9.17) is 26.1 Å². The highest BCUT2D eigenvalue weighted by molar-refractivity contribution is 7.82. The van der Waals surface area contributed by atoms with Crippen LogP contribution in [-0.2, 0) is 11.3 Å². The Kier molecular flexibility index (Phi) is 4.24. The van der Waals surface area contributed by atoms with Gasteiger partial charge >= 0.3 is 0 Å². The van der Waals surface area contributed by atoms with E-state index in [-0.39, 0.29) is 4.99 Å². The average molecular weight is 318 g/mol. The highest BCUT2D eigenvalue weighted by atomic mass is 32.1. The van der Waals surface area contributed by atoms with Gasteiger partial charge in [0, 0.05) is 11.8 Å². The van der Waals surface area contributed by atoms with Gasteiger partial charge in [-0.15, -0.1) is 0 Å². The van der Waals surface area contributed by atoms with Crippen LogP contribution in [0, 0.1) is 0 Å². The summed E-state index contributed by atoms with van der Waals surface area (Å²) in [6.45, 7) is 1.38. The van der Waals surface area contributed by atoms with Crippen LogP contribution in [0.4, 0.5) is 5.69 Å². The van der Waals surface area contributed by atoms with Crippen LogP contribution in [0.5, 0.6) is 11.5 Å². The number of carbonyl (C=O) groups is 1. The number of furan rings is 1. The Labute approximate surface area is 132 Å². The molecule has 0 saturated heterocycles. The van der Waals surface area contributed by atoms with Crippen LogP contribution >= 0.6 is 12.2 Å². The number of hydrogen-bond acceptors (Lipinski definition) is 5. The molecule has 0 atom stereocenters. The lowest BCUT2D eigenvalue weighted by Crippen LogP contribution is -2.33. The molecule has 7 heteroatoms. The molecule has 1 aliphatic rings. The molecule has 2 aromatic rings. The monoisotopic (exact) mass is 318 g/mol. The molecule has 22 heavy (non-hydrogen) atoms. The largest absolute Gasteiger partial charge is 0.486 e. The van der Waals surface area contributed by atoms with Crippen LogP contribution in [0.15, 0.2) is 41.0 Å². The fourth-order valence-electron chi connectivity index (χ4n) is 1.97. The van der Waals surface area contributed by atoms with Crippen molar-refractivity contribution in [2.24, 2.45) is 0 Å². The van der Waals surface area contributed by atoms with Crippen molar-refractivity contribution in [3.8, 4) is 11.5 Å². The van der Waals surface area contributed by atoms with Gasteiger partial charge in [0.15, 0.2) is 16.5 Å². The number of anilines is 1. The highest BCUT2D eigenvalue weighted by Crippen LogP contribution is 2.32. The number of nitrogens with one attached hydrogen (secondary N) is 2. The Bertz CT molecular complexity index is 685. The van der Waals surface area contributed by atoms with E-state index in [1.54, 1.807) is 36.6 Å². The third kappa shape index (κ3) is 3.37. The number of ether oxygens (including phenoxy) is 2. The minimum Gasteiger partial charge on any atom is -0.486 e. The van der Waals surface area contributed by atoms with E-state index in [0.29, 0.717) is 42.7 Å². The molecule has 1 aliphatic heterocycles. The summed E-state index contributed by atoms with van der Waals surface area (Å²) in [6, 6.07) is 8.77. The fraction of sp³-hybridized carbons (Fsp3) is 0.200. The quantitative estimate of drug-likeness (QED) is 0.845. The molecule has 1 amide bonds. The lowest BCUT2D eigenvalue weighted by atomic mass is 10.2. The summed E-state index contributed by atoms with van der Waals surface area (Å²) in [5.74, 6) is 1.59. The molecular weight excluding hydrogens is 304 g/mol. The van der Waals surface area contributed by atoms with E-state index in [2.05, 4.69) is 10.6 Å². The second-order valence-electron chi connectivity index (χ2n) is 4.57. The molecule has 0 saturated carbocycles. The van der Waals surface area contributed by atoms with Gasteiger partial charge in [-0.25, -0.2) is 0 Å². The van der Waals surface area contributed by atoms with Crippen molar-refractivity contribution >= 4 is 28.8 Å². The third-order valence-corrected chi connectivity index (χ3v) is 3.34. The molecule has 0 bridgehead atoms. The van der Waals surface area contributed by atoms with E-state index in [0.717, 1.165) is 0 Å². The summed E-state index contributed by atoms with van der Waals surface area (Å²) < 4.78 is 16.0. The molecule has 0 unspecified atom stereocenters. The van der Waals surface area contributed by atoms with Gasteiger partial charge in [-0.2, -0.15) is 0 Å². The molecule has 6 nitrogen and oxygen atoms in total. The standard InChI is InChI=1S/C15H14N2O4S/c18-14(15(22)16-9-11-2-1-5-19-11)17-10-3-4-12-13(8-10)21-7-6-20-12/h1-5,8H,6-7,9H2,(H,16,22)(H,17,18). The molecular formula is C15H14N2O4S. The fourth-order valence-corrected chi connectivity index (χ4v) is 2.09. The Morgan fingerprint density at radius 1 is 1.18 bits per heavy atom. The van der Waals surface area contributed by atoms with Gasteiger partial charge in [-0.3, -0.25) is 4.79 Å². The zero-order chi connectivity index (χ0) is 15.4. The number of fused-ring (bicyclic) bond motifs is 1. The second-order valence-corrected chi connectivity index (χ2v) is 4.98. The molecule has 2 heterocycles. The number of hydrogen-bond donors (Lipinski definition) is 2. The molecule has 2 N–H and O–H groups in total. The maximum absolute atomic E-state index is 12.0. The Morgan fingerprint density at radius 3 is 2.77 bits per heavy atom. The van der Waals surface area contributed by atoms with Crippen molar-refractivity contribution in [2.75, 3.05) is 18.5 Å². The summed E-state index contributed by atoms with van der Waals surface area (Å²) in [5.41, 5.74) is 0.594. The van der Waals surface area contributed by atoms with Crippen molar-refractivity contribution in [1.82, 2.24) is 5.32 Å².